The third kappa shape index (κ3) is 1.73. The van der Waals surface area contributed by atoms with Gasteiger partial charge in [-0.25, -0.2) is 0 Å². The van der Waals surface area contributed by atoms with Crippen LogP contribution >= 0.6 is 0 Å². The zero-order valence-corrected chi connectivity index (χ0v) is 10.6. The topological polar surface area (TPSA) is 50.9 Å². The Morgan fingerprint density at radius 1 is 1.22 bits per heavy atom. The van der Waals surface area contributed by atoms with Gasteiger partial charge in [0, 0.05) is 12.1 Å². The second-order valence-electron chi connectivity index (χ2n) is 4.68. The molecule has 94 valence electrons. The molecule has 0 unspecified atom stereocenters. The van der Waals surface area contributed by atoms with Gasteiger partial charge in [0.05, 0.1) is 0 Å². The molecule has 1 aromatic heterocycles. The average Bonchev–Trinajstić information content (AvgIpc) is 3.03. The van der Waals surface area contributed by atoms with Gasteiger partial charge in [-0.05, 0) is 43.4 Å². The number of hydrogen-bond acceptors (Lipinski definition) is 3. The summed E-state index contributed by atoms with van der Waals surface area (Å²) in [7, 11) is 0. The van der Waals surface area contributed by atoms with Gasteiger partial charge in [0.2, 0.25) is 0 Å². The van der Waals surface area contributed by atoms with Crippen molar-refractivity contribution in [1.29, 1.82) is 0 Å². The van der Waals surface area contributed by atoms with Gasteiger partial charge >= 0.3 is 0 Å². The number of aromatic nitrogens is 3. The summed E-state index contributed by atoms with van der Waals surface area (Å²) in [4.78, 5) is 0. The zero-order valence-electron chi connectivity index (χ0n) is 10.6. The van der Waals surface area contributed by atoms with Gasteiger partial charge in [0.15, 0.2) is 11.6 Å². The fourth-order valence-electron chi connectivity index (χ4n) is 2.71. The molecule has 1 heterocycles. The van der Waals surface area contributed by atoms with Crippen LogP contribution in [0.4, 0.5) is 0 Å². The molecule has 0 atom stereocenters. The number of aliphatic hydroxyl groups excluding tert-OH is 1. The highest BCUT2D eigenvalue weighted by atomic mass is 16.3. The first-order chi connectivity index (χ1) is 8.83. The van der Waals surface area contributed by atoms with Gasteiger partial charge in [0.25, 0.3) is 0 Å². The van der Waals surface area contributed by atoms with E-state index in [1.807, 2.05) is 11.5 Å². The molecule has 0 fully saturated rings. The SMILES string of the molecule is CCn1c(CO)nnc1-c1ccc2c(c1)CCC2. The molecule has 1 aliphatic carbocycles. The lowest BCUT2D eigenvalue weighted by Gasteiger charge is -2.07. The summed E-state index contributed by atoms with van der Waals surface area (Å²) in [6.07, 6.45) is 3.61. The number of nitrogens with zero attached hydrogens (tertiary/aromatic N) is 3. The van der Waals surface area contributed by atoms with E-state index in [0.29, 0.717) is 5.82 Å². The normalized spacial score (nSPS) is 13.9. The Labute approximate surface area is 106 Å². The van der Waals surface area contributed by atoms with Gasteiger partial charge in [-0.3, -0.25) is 0 Å². The summed E-state index contributed by atoms with van der Waals surface area (Å²) in [5, 5.41) is 17.5. The van der Waals surface area contributed by atoms with E-state index < -0.39 is 0 Å². The molecule has 0 amide bonds. The summed E-state index contributed by atoms with van der Waals surface area (Å²) in [5.41, 5.74) is 4.00. The molecule has 0 saturated carbocycles. The lowest BCUT2D eigenvalue weighted by atomic mass is 10.1. The molecule has 4 heteroatoms. The molecule has 0 spiro atoms. The Balaban J connectivity index is 2.07. The van der Waals surface area contributed by atoms with Crippen LogP contribution in [0.3, 0.4) is 0 Å². The molecule has 18 heavy (non-hydrogen) atoms. The molecule has 2 aromatic rings. The lowest BCUT2D eigenvalue weighted by molar-refractivity contribution is 0.265. The third-order valence-corrected chi connectivity index (χ3v) is 3.64. The average molecular weight is 243 g/mol. The molecular weight excluding hydrogens is 226 g/mol. The maximum Gasteiger partial charge on any atom is 0.164 e. The van der Waals surface area contributed by atoms with E-state index in [0.717, 1.165) is 24.4 Å². The van der Waals surface area contributed by atoms with E-state index in [9.17, 15) is 5.11 Å². The molecule has 1 aromatic carbocycles. The van der Waals surface area contributed by atoms with E-state index in [4.69, 9.17) is 0 Å². The Morgan fingerprint density at radius 3 is 2.83 bits per heavy atom. The number of benzene rings is 1. The molecule has 0 saturated heterocycles. The number of hydrogen-bond donors (Lipinski definition) is 1. The minimum atomic E-state index is -0.0637. The van der Waals surface area contributed by atoms with Crippen molar-refractivity contribution in [2.24, 2.45) is 0 Å². The number of aryl methyl sites for hydroxylation is 2. The van der Waals surface area contributed by atoms with Crippen LogP contribution in [-0.4, -0.2) is 19.9 Å². The van der Waals surface area contributed by atoms with Crippen LogP contribution in [0.15, 0.2) is 18.2 Å². The van der Waals surface area contributed by atoms with Gasteiger partial charge < -0.3 is 9.67 Å². The second kappa shape index (κ2) is 4.53. The van der Waals surface area contributed by atoms with Crippen LogP contribution < -0.4 is 0 Å². The van der Waals surface area contributed by atoms with Crippen molar-refractivity contribution in [2.45, 2.75) is 39.3 Å². The van der Waals surface area contributed by atoms with Gasteiger partial charge in [0.1, 0.15) is 6.61 Å². The number of rotatable bonds is 3. The quantitative estimate of drug-likeness (QED) is 0.896. The maximum absolute atomic E-state index is 9.24. The smallest absolute Gasteiger partial charge is 0.164 e. The minimum Gasteiger partial charge on any atom is -0.388 e. The molecule has 3 rings (SSSR count). The molecule has 1 aliphatic rings. The first-order valence-electron chi connectivity index (χ1n) is 6.48. The van der Waals surface area contributed by atoms with Gasteiger partial charge in [-0.2, -0.15) is 0 Å². The number of aliphatic hydroxyl groups is 1. The van der Waals surface area contributed by atoms with Crippen LogP contribution in [0.2, 0.25) is 0 Å². The summed E-state index contributed by atoms with van der Waals surface area (Å²) in [6, 6.07) is 6.53. The fourth-order valence-corrected chi connectivity index (χ4v) is 2.71. The van der Waals surface area contributed by atoms with Gasteiger partial charge in [-0.1, -0.05) is 12.1 Å². The first kappa shape index (κ1) is 11.4. The van der Waals surface area contributed by atoms with E-state index in [-0.39, 0.29) is 6.61 Å². The molecule has 1 N–H and O–H groups in total. The van der Waals surface area contributed by atoms with Crippen LogP contribution in [0, 0.1) is 0 Å². The van der Waals surface area contributed by atoms with E-state index in [1.165, 1.54) is 24.0 Å². The molecule has 0 bridgehead atoms. The molecular formula is C14H17N3O. The van der Waals surface area contributed by atoms with Crippen LogP contribution in [0.5, 0.6) is 0 Å². The zero-order chi connectivity index (χ0) is 12.5. The highest BCUT2D eigenvalue weighted by Crippen LogP contribution is 2.27. The summed E-state index contributed by atoms with van der Waals surface area (Å²) in [5.74, 6) is 1.49. The summed E-state index contributed by atoms with van der Waals surface area (Å²) >= 11 is 0. The monoisotopic (exact) mass is 243 g/mol. The predicted octanol–water partition coefficient (Wildman–Crippen LogP) is 1.95. The Morgan fingerprint density at radius 2 is 2.06 bits per heavy atom. The lowest BCUT2D eigenvalue weighted by Crippen LogP contribution is -2.03. The minimum absolute atomic E-state index is 0.0637. The predicted molar refractivity (Wildman–Crippen MR) is 69.1 cm³/mol. The number of fused-ring (bicyclic) bond motifs is 1. The fraction of sp³-hybridized carbons (Fsp3) is 0.429. The van der Waals surface area contributed by atoms with Crippen molar-refractivity contribution in [3.8, 4) is 11.4 Å². The Hall–Kier alpha value is -1.68. The Bertz CT molecular complexity index is 574. The third-order valence-electron chi connectivity index (χ3n) is 3.64. The highest BCUT2D eigenvalue weighted by molar-refractivity contribution is 5.58. The highest BCUT2D eigenvalue weighted by Gasteiger charge is 2.15. The van der Waals surface area contributed by atoms with E-state index in [2.05, 4.69) is 28.4 Å². The van der Waals surface area contributed by atoms with Crippen molar-refractivity contribution < 1.29 is 5.11 Å². The van der Waals surface area contributed by atoms with Crippen molar-refractivity contribution in [3.63, 3.8) is 0 Å². The van der Waals surface area contributed by atoms with Crippen molar-refractivity contribution in [1.82, 2.24) is 14.8 Å². The van der Waals surface area contributed by atoms with E-state index in [1.54, 1.807) is 0 Å². The standard InChI is InChI=1S/C14H17N3O/c1-2-17-13(9-18)15-16-14(17)12-7-6-10-4-3-5-11(10)8-12/h6-8,18H,2-5,9H2,1H3. The summed E-state index contributed by atoms with van der Waals surface area (Å²) in [6.45, 7) is 2.75. The van der Waals surface area contributed by atoms with Crippen molar-refractivity contribution in [2.75, 3.05) is 0 Å². The first-order valence-corrected chi connectivity index (χ1v) is 6.48. The Kier molecular flexibility index (Phi) is 2.88. The maximum atomic E-state index is 9.24. The van der Waals surface area contributed by atoms with Crippen molar-refractivity contribution in [3.05, 3.63) is 35.2 Å². The van der Waals surface area contributed by atoms with Crippen molar-refractivity contribution >= 4 is 0 Å². The van der Waals surface area contributed by atoms with Crippen LogP contribution in [0.1, 0.15) is 30.3 Å². The largest absolute Gasteiger partial charge is 0.388 e. The molecule has 4 nitrogen and oxygen atoms in total. The molecule has 0 radical (unpaired) electrons. The summed E-state index contributed by atoms with van der Waals surface area (Å²) < 4.78 is 1.97. The van der Waals surface area contributed by atoms with E-state index >= 15 is 0 Å². The van der Waals surface area contributed by atoms with Crippen LogP contribution in [-0.2, 0) is 26.0 Å². The molecule has 0 aliphatic heterocycles. The second-order valence-corrected chi connectivity index (χ2v) is 4.68. The van der Waals surface area contributed by atoms with Gasteiger partial charge in [-0.15, -0.1) is 10.2 Å². The van der Waals surface area contributed by atoms with Crippen LogP contribution in [0.25, 0.3) is 11.4 Å².